The van der Waals surface area contributed by atoms with Gasteiger partial charge in [0.25, 0.3) is 0 Å². The predicted molar refractivity (Wildman–Crippen MR) is 54.8 cm³/mol. The SMILES string of the molecule is OC1CCN(CCCCS)CC1. The highest BCUT2D eigenvalue weighted by Gasteiger charge is 2.15. The largest absolute Gasteiger partial charge is 0.393 e. The van der Waals surface area contributed by atoms with Crippen LogP contribution in [0.1, 0.15) is 25.7 Å². The second-order valence-corrected chi connectivity index (χ2v) is 3.95. The fourth-order valence-corrected chi connectivity index (χ4v) is 1.81. The smallest absolute Gasteiger partial charge is 0.0564 e. The summed E-state index contributed by atoms with van der Waals surface area (Å²) in [5.41, 5.74) is 0. The number of piperidine rings is 1. The van der Waals surface area contributed by atoms with Crippen molar-refractivity contribution >= 4 is 12.6 Å². The molecule has 0 aromatic rings. The number of likely N-dealkylation sites (tertiary alicyclic amines) is 1. The first-order valence-electron chi connectivity index (χ1n) is 4.84. The first-order chi connectivity index (χ1) is 5.83. The fraction of sp³-hybridized carbons (Fsp3) is 1.00. The number of hydrogen-bond acceptors (Lipinski definition) is 3. The van der Waals surface area contributed by atoms with Crippen LogP contribution in [0.15, 0.2) is 0 Å². The molecule has 0 bridgehead atoms. The van der Waals surface area contributed by atoms with Crippen LogP contribution in [0.2, 0.25) is 0 Å². The number of nitrogens with zero attached hydrogens (tertiary/aromatic N) is 1. The summed E-state index contributed by atoms with van der Waals surface area (Å²) in [5, 5.41) is 9.26. The van der Waals surface area contributed by atoms with Crippen molar-refractivity contribution in [1.82, 2.24) is 4.90 Å². The molecule has 1 aliphatic heterocycles. The Hall–Kier alpha value is 0.270. The number of hydrogen-bond donors (Lipinski definition) is 2. The van der Waals surface area contributed by atoms with Crippen LogP contribution in [0, 0.1) is 0 Å². The lowest BCUT2D eigenvalue weighted by Gasteiger charge is -2.29. The fourth-order valence-electron chi connectivity index (χ4n) is 1.59. The van der Waals surface area contributed by atoms with Crippen LogP contribution in [-0.2, 0) is 0 Å². The van der Waals surface area contributed by atoms with E-state index in [1.165, 1.54) is 19.4 Å². The van der Waals surface area contributed by atoms with E-state index >= 15 is 0 Å². The van der Waals surface area contributed by atoms with Gasteiger partial charge in [-0.2, -0.15) is 12.6 Å². The molecular formula is C9H19NOS. The topological polar surface area (TPSA) is 23.5 Å². The molecule has 0 aromatic carbocycles. The van der Waals surface area contributed by atoms with Gasteiger partial charge in [-0.1, -0.05) is 0 Å². The van der Waals surface area contributed by atoms with E-state index in [9.17, 15) is 5.11 Å². The number of thiol groups is 1. The van der Waals surface area contributed by atoms with Crippen molar-refractivity contribution in [3.8, 4) is 0 Å². The van der Waals surface area contributed by atoms with E-state index in [-0.39, 0.29) is 6.10 Å². The molecule has 1 heterocycles. The zero-order chi connectivity index (χ0) is 8.81. The molecule has 0 radical (unpaired) electrons. The molecule has 0 amide bonds. The molecule has 1 rings (SSSR count). The van der Waals surface area contributed by atoms with Crippen LogP contribution in [0.4, 0.5) is 0 Å². The van der Waals surface area contributed by atoms with Gasteiger partial charge < -0.3 is 10.0 Å². The molecular weight excluding hydrogens is 170 g/mol. The quantitative estimate of drug-likeness (QED) is 0.512. The molecule has 1 N–H and O–H groups in total. The lowest BCUT2D eigenvalue weighted by molar-refractivity contribution is 0.0820. The Bertz CT molecular complexity index is 113. The van der Waals surface area contributed by atoms with Crippen LogP contribution in [-0.4, -0.2) is 41.5 Å². The summed E-state index contributed by atoms with van der Waals surface area (Å²) in [5.74, 6) is 0.996. The van der Waals surface area contributed by atoms with Gasteiger partial charge in [-0.15, -0.1) is 0 Å². The molecule has 1 saturated heterocycles. The van der Waals surface area contributed by atoms with Crippen molar-refractivity contribution < 1.29 is 5.11 Å². The molecule has 72 valence electrons. The molecule has 3 heteroatoms. The summed E-state index contributed by atoms with van der Waals surface area (Å²) in [6, 6.07) is 0. The van der Waals surface area contributed by atoms with Crippen molar-refractivity contribution in [3.63, 3.8) is 0 Å². The van der Waals surface area contributed by atoms with E-state index in [1.54, 1.807) is 0 Å². The van der Waals surface area contributed by atoms with E-state index in [4.69, 9.17) is 0 Å². The summed E-state index contributed by atoms with van der Waals surface area (Å²) in [4.78, 5) is 2.44. The van der Waals surface area contributed by atoms with Crippen molar-refractivity contribution in [2.45, 2.75) is 31.8 Å². The van der Waals surface area contributed by atoms with E-state index in [0.717, 1.165) is 31.7 Å². The predicted octanol–water partition coefficient (Wildman–Crippen LogP) is 1.15. The van der Waals surface area contributed by atoms with Gasteiger partial charge >= 0.3 is 0 Å². The van der Waals surface area contributed by atoms with E-state index in [1.807, 2.05) is 0 Å². The summed E-state index contributed by atoms with van der Waals surface area (Å²) < 4.78 is 0. The van der Waals surface area contributed by atoms with E-state index in [2.05, 4.69) is 17.5 Å². The van der Waals surface area contributed by atoms with Gasteiger partial charge in [0.2, 0.25) is 0 Å². The van der Waals surface area contributed by atoms with Gasteiger partial charge in [0.15, 0.2) is 0 Å². The van der Waals surface area contributed by atoms with Crippen molar-refractivity contribution in [2.24, 2.45) is 0 Å². The number of aliphatic hydroxyl groups is 1. The van der Waals surface area contributed by atoms with Crippen molar-refractivity contribution in [1.29, 1.82) is 0 Å². The van der Waals surface area contributed by atoms with Crippen LogP contribution in [0.5, 0.6) is 0 Å². The maximum atomic E-state index is 9.26. The molecule has 0 atom stereocenters. The van der Waals surface area contributed by atoms with E-state index in [0.29, 0.717) is 0 Å². The van der Waals surface area contributed by atoms with Crippen LogP contribution >= 0.6 is 12.6 Å². The highest BCUT2D eigenvalue weighted by molar-refractivity contribution is 7.80. The number of rotatable bonds is 4. The molecule has 0 spiro atoms. The molecule has 0 aliphatic carbocycles. The zero-order valence-electron chi connectivity index (χ0n) is 7.58. The van der Waals surface area contributed by atoms with Crippen LogP contribution in [0.3, 0.4) is 0 Å². The Labute approximate surface area is 80.4 Å². The van der Waals surface area contributed by atoms with Crippen LogP contribution < -0.4 is 0 Å². The van der Waals surface area contributed by atoms with Gasteiger partial charge in [0.05, 0.1) is 6.10 Å². The first-order valence-corrected chi connectivity index (χ1v) is 5.47. The Morgan fingerprint density at radius 1 is 1.25 bits per heavy atom. The molecule has 0 aromatic heterocycles. The number of aliphatic hydroxyl groups excluding tert-OH is 1. The lowest BCUT2D eigenvalue weighted by Crippen LogP contribution is -2.36. The molecule has 0 saturated carbocycles. The second-order valence-electron chi connectivity index (χ2n) is 3.50. The summed E-state index contributed by atoms with van der Waals surface area (Å²) >= 11 is 4.17. The molecule has 12 heavy (non-hydrogen) atoms. The second kappa shape index (κ2) is 5.84. The summed E-state index contributed by atoms with van der Waals surface area (Å²) in [7, 11) is 0. The molecule has 0 unspecified atom stereocenters. The third kappa shape index (κ3) is 3.78. The molecule has 1 aliphatic rings. The maximum absolute atomic E-state index is 9.26. The summed E-state index contributed by atoms with van der Waals surface area (Å²) in [6.07, 6.45) is 4.34. The third-order valence-corrected chi connectivity index (χ3v) is 2.76. The summed E-state index contributed by atoms with van der Waals surface area (Å²) in [6.45, 7) is 3.34. The highest BCUT2D eigenvalue weighted by atomic mass is 32.1. The van der Waals surface area contributed by atoms with Crippen molar-refractivity contribution in [2.75, 3.05) is 25.4 Å². The minimum Gasteiger partial charge on any atom is -0.393 e. The Kier molecular flexibility index (Phi) is 5.04. The average molecular weight is 189 g/mol. The standard InChI is InChI=1S/C9H19NOS/c11-9-3-6-10(7-4-9)5-1-2-8-12/h9,11-12H,1-8H2. The lowest BCUT2D eigenvalue weighted by atomic mass is 10.1. The van der Waals surface area contributed by atoms with Gasteiger partial charge in [0, 0.05) is 13.1 Å². The van der Waals surface area contributed by atoms with Gasteiger partial charge in [-0.3, -0.25) is 0 Å². The van der Waals surface area contributed by atoms with E-state index < -0.39 is 0 Å². The van der Waals surface area contributed by atoms with Crippen molar-refractivity contribution in [3.05, 3.63) is 0 Å². The average Bonchev–Trinajstić information content (AvgIpc) is 2.09. The minimum absolute atomic E-state index is 0.0360. The monoisotopic (exact) mass is 189 g/mol. The van der Waals surface area contributed by atoms with Crippen LogP contribution in [0.25, 0.3) is 0 Å². The van der Waals surface area contributed by atoms with Gasteiger partial charge in [-0.05, 0) is 38.0 Å². The van der Waals surface area contributed by atoms with Gasteiger partial charge in [-0.25, -0.2) is 0 Å². The molecule has 1 fully saturated rings. The van der Waals surface area contributed by atoms with Gasteiger partial charge in [0.1, 0.15) is 0 Å². The Morgan fingerprint density at radius 2 is 1.92 bits per heavy atom. The molecule has 2 nitrogen and oxygen atoms in total. The zero-order valence-corrected chi connectivity index (χ0v) is 8.47. The normalized spacial score (nSPS) is 21.5. The Morgan fingerprint density at radius 3 is 2.50 bits per heavy atom. The number of unbranched alkanes of at least 4 members (excludes halogenated alkanes) is 1. The minimum atomic E-state index is -0.0360. The Balaban J connectivity index is 2.01. The highest BCUT2D eigenvalue weighted by Crippen LogP contribution is 2.10. The maximum Gasteiger partial charge on any atom is 0.0564 e. The first kappa shape index (κ1) is 10.4. The third-order valence-electron chi connectivity index (χ3n) is 2.44.